The van der Waals surface area contributed by atoms with Crippen molar-refractivity contribution >= 4 is 61.5 Å². The van der Waals surface area contributed by atoms with Crippen LogP contribution in [0.4, 0.5) is 0 Å². The van der Waals surface area contributed by atoms with E-state index in [9.17, 15) is 0 Å². The third-order valence-corrected chi connectivity index (χ3v) is 5.29. The Bertz CT molecular complexity index is 766. The molecule has 3 rings (SSSR count). The predicted molar refractivity (Wildman–Crippen MR) is 94.9 cm³/mol. The maximum absolute atomic E-state index is 5.99. The zero-order chi connectivity index (χ0) is 14.8. The van der Waals surface area contributed by atoms with Crippen LogP contribution in [0, 0.1) is 0 Å². The lowest BCUT2D eigenvalue weighted by molar-refractivity contribution is 0.679. The number of rotatable bonds is 5. The number of alkyl halides is 1. The zero-order valence-corrected chi connectivity index (χ0v) is 15.1. The number of benzene rings is 1. The number of thiophene rings is 1. The molecule has 3 aromatic rings. The molecule has 0 aliphatic carbocycles. The summed E-state index contributed by atoms with van der Waals surface area (Å²) in [7, 11) is 0. The highest BCUT2D eigenvalue weighted by Gasteiger charge is 2.11. The minimum atomic E-state index is 0.579. The number of nitrogens with zero attached hydrogens (tertiary/aromatic N) is 2. The molecule has 0 atom stereocenters. The standard InChI is InChI=1S/C15H13BrCl2N2S/c16-10-1-3-13-12(9-10)19-15(5-7-17)20(13)8-6-11-2-4-14(18)21-11/h1-4,9H,5-8H2. The average molecular weight is 404 g/mol. The number of fused-ring (bicyclic) bond motifs is 1. The summed E-state index contributed by atoms with van der Waals surface area (Å²) in [5.41, 5.74) is 2.16. The fraction of sp³-hybridized carbons (Fsp3) is 0.267. The van der Waals surface area contributed by atoms with E-state index in [0.717, 1.165) is 45.1 Å². The zero-order valence-electron chi connectivity index (χ0n) is 11.2. The molecule has 0 saturated carbocycles. The fourth-order valence-electron chi connectivity index (χ4n) is 2.39. The van der Waals surface area contributed by atoms with Crippen LogP contribution >= 0.6 is 50.5 Å². The van der Waals surface area contributed by atoms with Crippen LogP contribution in [0.15, 0.2) is 34.8 Å². The number of aromatic nitrogens is 2. The Kier molecular flexibility index (Phi) is 4.89. The Hall–Kier alpha value is -0.550. The van der Waals surface area contributed by atoms with Gasteiger partial charge in [-0.05, 0) is 36.8 Å². The summed E-state index contributed by atoms with van der Waals surface area (Å²) in [6.07, 6.45) is 1.73. The Morgan fingerprint density at radius 3 is 2.76 bits per heavy atom. The van der Waals surface area contributed by atoms with E-state index in [0.29, 0.717) is 5.88 Å². The largest absolute Gasteiger partial charge is 0.328 e. The van der Waals surface area contributed by atoms with Gasteiger partial charge in [-0.25, -0.2) is 4.98 Å². The van der Waals surface area contributed by atoms with E-state index in [1.165, 1.54) is 4.88 Å². The van der Waals surface area contributed by atoms with Crippen LogP contribution in [0.3, 0.4) is 0 Å². The van der Waals surface area contributed by atoms with Crippen LogP contribution in [0.1, 0.15) is 10.7 Å². The van der Waals surface area contributed by atoms with Gasteiger partial charge in [0, 0.05) is 28.2 Å². The first-order chi connectivity index (χ1) is 10.2. The molecule has 0 N–H and O–H groups in total. The first-order valence-corrected chi connectivity index (χ1v) is 9.14. The van der Waals surface area contributed by atoms with Crippen LogP contribution in [0.5, 0.6) is 0 Å². The van der Waals surface area contributed by atoms with E-state index in [-0.39, 0.29) is 0 Å². The summed E-state index contributed by atoms with van der Waals surface area (Å²) in [6.45, 7) is 0.890. The monoisotopic (exact) mass is 402 g/mol. The second kappa shape index (κ2) is 6.69. The molecule has 6 heteroatoms. The topological polar surface area (TPSA) is 17.8 Å². The quantitative estimate of drug-likeness (QED) is 0.511. The van der Waals surface area contributed by atoms with E-state index >= 15 is 0 Å². The van der Waals surface area contributed by atoms with Crippen molar-refractivity contribution < 1.29 is 0 Å². The van der Waals surface area contributed by atoms with Gasteiger partial charge in [0.05, 0.1) is 15.4 Å². The minimum absolute atomic E-state index is 0.579. The molecule has 0 saturated heterocycles. The van der Waals surface area contributed by atoms with E-state index in [1.807, 2.05) is 18.2 Å². The van der Waals surface area contributed by atoms with E-state index in [4.69, 9.17) is 28.2 Å². The van der Waals surface area contributed by atoms with Crippen LogP contribution in [0.25, 0.3) is 11.0 Å². The lowest BCUT2D eigenvalue weighted by atomic mass is 10.3. The number of aryl methyl sites for hydroxylation is 3. The van der Waals surface area contributed by atoms with Gasteiger partial charge in [0.2, 0.25) is 0 Å². The second-order valence-electron chi connectivity index (χ2n) is 4.71. The number of imidazole rings is 1. The number of halogens is 3. The molecule has 0 amide bonds. The summed E-state index contributed by atoms with van der Waals surface area (Å²) in [5, 5.41) is 0. The van der Waals surface area contributed by atoms with Gasteiger partial charge in [0.15, 0.2) is 0 Å². The molecule has 0 unspecified atom stereocenters. The average Bonchev–Trinajstić information content (AvgIpc) is 3.00. The maximum atomic E-state index is 5.99. The molecule has 0 spiro atoms. The molecule has 2 aromatic heterocycles. The van der Waals surface area contributed by atoms with Gasteiger partial charge in [-0.2, -0.15) is 0 Å². The first-order valence-electron chi connectivity index (χ1n) is 6.62. The third-order valence-electron chi connectivity index (χ3n) is 3.32. The van der Waals surface area contributed by atoms with Crippen LogP contribution in [-0.2, 0) is 19.4 Å². The smallest absolute Gasteiger partial charge is 0.111 e. The molecule has 0 aliphatic rings. The van der Waals surface area contributed by atoms with Crippen LogP contribution in [0.2, 0.25) is 4.34 Å². The van der Waals surface area contributed by atoms with Gasteiger partial charge in [-0.3, -0.25) is 0 Å². The number of hydrogen-bond acceptors (Lipinski definition) is 2. The maximum Gasteiger partial charge on any atom is 0.111 e. The molecule has 0 bridgehead atoms. The lowest BCUT2D eigenvalue weighted by Gasteiger charge is -2.07. The van der Waals surface area contributed by atoms with Crippen molar-refractivity contribution in [3.63, 3.8) is 0 Å². The molecule has 2 nitrogen and oxygen atoms in total. The van der Waals surface area contributed by atoms with Crippen molar-refractivity contribution in [2.24, 2.45) is 0 Å². The second-order valence-corrected chi connectivity index (χ2v) is 7.80. The van der Waals surface area contributed by atoms with Gasteiger partial charge < -0.3 is 4.57 Å². The molecule has 21 heavy (non-hydrogen) atoms. The van der Waals surface area contributed by atoms with E-state index in [1.54, 1.807) is 11.3 Å². The van der Waals surface area contributed by atoms with Crippen molar-refractivity contribution in [3.8, 4) is 0 Å². The number of hydrogen-bond donors (Lipinski definition) is 0. The molecule has 0 aliphatic heterocycles. The molecule has 0 radical (unpaired) electrons. The summed E-state index contributed by atoms with van der Waals surface area (Å²) in [6, 6.07) is 10.2. The normalized spacial score (nSPS) is 11.4. The van der Waals surface area contributed by atoms with Crippen molar-refractivity contribution in [1.29, 1.82) is 0 Å². The van der Waals surface area contributed by atoms with E-state index in [2.05, 4.69) is 32.6 Å². The Morgan fingerprint density at radius 2 is 2.05 bits per heavy atom. The van der Waals surface area contributed by atoms with Gasteiger partial charge in [0.1, 0.15) is 5.82 Å². The van der Waals surface area contributed by atoms with Crippen LogP contribution < -0.4 is 0 Å². The molecule has 110 valence electrons. The highest BCUT2D eigenvalue weighted by atomic mass is 79.9. The third kappa shape index (κ3) is 3.45. The van der Waals surface area contributed by atoms with Gasteiger partial charge in [-0.1, -0.05) is 27.5 Å². The van der Waals surface area contributed by atoms with Crippen molar-refractivity contribution in [2.75, 3.05) is 5.88 Å². The van der Waals surface area contributed by atoms with Gasteiger partial charge in [-0.15, -0.1) is 22.9 Å². The summed E-state index contributed by atoms with van der Waals surface area (Å²) in [5.74, 6) is 1.62. The Labute approximate surface area is 145 Å². The first kappa shape index (κ1) is 15.3. The lowest BCUT2D eigenvalue weighted by Crippen LogP contribution is -2.06. The fourth-order valence-corrected chi connectivity index (χ4v) is 3.98. The van der Waals surface area contributed by atoms with Gasteiger partial charge >= 0.3 is 0 Å². The highest BCUT2D eigenvalue weighted by molar-refractivity contribution is 9.10. The minimum Gasteiger partial charge on any atom is -0.328 e. The molecule has 2 heterocycles. The summed E-state index contributed by atoms with van der Waals surface area (Å²) in [4.78, 5) is 5.99. The molecular weight excluding hydrogens is 391 g/mol. The Balaban J connectivity index is 1.92. The van der Waals surface area contributed by atoms with Gasteiger partial charge in [0.25, 0.3) is 0 Å². The highest BCUT2D eigenvalue weighted by Crippen LogP contribution is 2.25. The predicted octanol–water partition coefficient (Wildman–Crippen LogP) is 5.54. The van der Waals surface area contributed by atoms with Crippen LogP contribution in [-0.4, -0.2) is 15.4 Å². The summed E-state index contributed by atoms with van der Waals surface area (Å²) >= 11 is 17.0. The molecular formula is C15H13BrCl2N2S. The SMILES string of the molecule is ClCCc1nc2cc(Br)ccc2n1CCc1ccc(Cl)s1. The molecule has 0 fully saturated rings. The van der Waals surface area contributed by atoms with E-state index < -0.39 is 0 Å². The molecule has 1 aromatic carbocycles. The van der Waals surface area contributed by atoms with Crippen molar-refractivity contribution in [2.45, 2.75) is 19.4 Å². The Morgan fingerprint density at radius 1 is 1.19 bits per heavy atom. The van der Waals surface area contributed by atoms with Crippen molar-refractivity contribution in [3.05, 3.63) is 49.8 Å². The summed E-state index contributed by atoms with van der Waals surface area (Å²) < 4.78 is 4.14. The van der Waals surface area contributed by atoms with Crippen molar-refractivity contribution in [1.82, 2.24) is 9.55 Å².